The number of β-amino-alcohol motifs (C(OH)–C–C–N with tert-alkyl or cyclic N) is 1. The summed E-state index contributed by atoms with van der Waals surface area (Å²) in [6.07, 6.45) is 2.97. The summed E-state index contributed by atoms with van der Waals surface area (Å²) in [7, 11) is 0. The highest BCUT2D eigenvalue weighted by molar-refractivity contribution is 5.93. The topological polar surface area (TPSA) is 91.7 Å². The average Bonchev–Trinajstić information content (AvgIpc) is 2.76. The van der Waals surface area contributed by atoms with E-state index >= 15 is 0 Å². The second kappa shape index (κ2) is 5.31. The van der Waals surface area contributed by atoms with Gasteiger partial charge in [0.1, 0.15) is 12.0 Å². The Hall–Kier alpha value is -1.37. The molecule has 1 saturated heterocycles. The molecule has 1 aromatic rings. The summed E-state index contributed by atoms with van der Waals surface area (Å²) < 4.78 is 5.29. The number of hydrogen-bond donors (Lipinski definition) is 3. The third-order valence-corrected chi connectivity index (χ3v) is 2.91. The first-order valence-corrected chi connectivity index (χ1v) is 5.68. The van der Waals surface area contributed by atoms with Crippen molar-refractivity contribution in [3.8, 4) is 0 Å². The summed E-state index contributed by atoms with van der Waals surface area (Å²) in [5, 5.41) is 9.54. The Morgan fingerprint density at radius 2 is 2.53 bits per heavy atom. The van der Waals surface area contributed by atoms with Gasteiger partial charge in [0.2, 0.25) is 0 Å². The summed E-state index contributed by atoms with van der Waals surface area (Å²) in [6.45, 7) is 2.20. The highest BCUT2D eigenvalue weighted by atomic mass is 16.3. The Bertz CT molecular complexity index is 391. The molecule has 4 N–H and O–H groups in total. The van der Waals surface area contributed by atoms with Gasteiger partial charge >= 0.3 is 0 Å². The second-order valence-electron chi connectivity index (χ2n) is 4.31. The van der Waals surface area contributed by atoms with Gasteiger partial charge in [-0.15, -0.1) is 0 Å². The fourth-order valence-electron chi connectivity index (χ4n) is 2.06. The Morgan fingerprint density at radius 1 is 1.71 bits per heavy atom. The summed E-state index contributed by atoms with van der Waals surface area (Å²) in [5.74, 6) is 5.37. The lowest BCUT2D eigenvalue weighted by Crippen LogP contribution is -2.37. The molecule has 1 aliphatic heterocycles. The molecule has 6 heteroatoms. The number of hydrogen-bond acceptors (Lipinski definition) is 5. The van der Waals surface area contributed by atoms with Gasteiger partial charge < -0.3 is 9.52 Å². The largest absolute Gasteiger partial charge is 0.467 e. The molecule has 2 heterocycles. The molecule has 1 unspecified atom stereocenters. The zero-order valence-electron chi connectivity index (χ0n) is 9.56. The van der Waals surface area contributed by atoms with Crippen molar-refractivity contribution in [3.05, 3.63) is 23.7 Å². The van der Waals surface area contributed by atoms with Gasteiger partial charge in [-0.2, -0.15) is 0 Å². The first-order valence-electron chi connectivity index (χ1n) is 5.68. The number of aliphatic hydroxyl groups excluding tert-OH is 1. The molecule has 1 amide bonds. The lowest BCUT2D eigenvalue weighted by molar-refractivity contribution is 0.0633. The number of hydrazine groups is 1. The molecule has 94 valence electrons. The van der Waals surface area contributed by atoms with Gasteiger partial charge in [-0.1, -0.05) is 0 Å². The van der Waals surface area contributed by atoms with E-state index in [9.17, 15) is 9.90 Å². The van der Waals surface area contributed by atoms with Crippen LogP contribution in [0.4, 0.5) is 0 Å². The van der Waals surface area contributed by atoms with Gasteiger partial charge in [-0.3, -0.25) is 15.1 Å². The monoisotopic (exact) mass is 239 g/mol. The highest BCUT2D eigenvalue weighted by Crippen LogP contribution is 2.15. The van der Waals surface area contributed by atoms with Crippen LogP contribution in [0.3, 0.4) is 0 Å². The van der Waals surface area contributed by atoms with Crippen LogP contribution in [0.5, 0.6) is 0 Å². The summed E-state index contributed by atoms with van der Waals surface area (Å²) in [6, 6.07) is 1.67. The van der Waals surface area contributed by atoms with Crippen molar-refractivity contribution in [3.63, 3.8) is 0 Å². The number of furan rings is 1. The number of carbonyl (C=O) groups is 1. The summed E-state index contributed by atoms with van der Waals surface area (Å²) in [4.78, 5) is 13.3. The fraction of sp³-hybridized carbons (Fsp3) is 0.545. The molecule has 1 fully saturated rings. The van der Waals surface area contributed by atoms with E-state index in [2.05, 4.69) is 10.3 Å². The van der Waals surface area contributed by atoms with E-state index in [0.717, 1.165) is 19.4 Å². The third-order valence-electron chi connectivity index (χ3n) is 2.91. The molecule has 0 aliphatic carbocycles. The molecule has 1 aliphatic rings. The van der Waals surface area contributed by atoms with Crippen molar-refractivity contribution in [1.82, 2.24) is 10.3 Å². The van der Waals surface area contributed by atoms with Crippen LogP contribution in [0.2, 0.25) is 0 Å². The number of nitrogens with zero attached hydrogens (tertiary/aromatic N) is 1. The van der Waals surface area contributed by atoms with Crippen LogP contribution in [0.1, 0.15) is 29.0 Å². The average molecular weight is 239 g/mol. The maximum atomic E-state index is 11.2. The molecule has 0 aromatic carbocycles. The molecular formula is C11H17N3O3. The molecule has 0 spiro atoms. The van der Waals surface area contributed by atoms with Crippen molar-refractivity contribution in [1.29, 1.82) is 0 Å². The predicted molar refractivity (Wildman–Crippen MR) is 60.9 cm³/mol. The lowest BCUT2D eigenvalue weighted by Gasteiger charge is -2.28. The van der Waals surface area contributed by atoms with E-state index < -0.39 is 0 Å². The summed E-state index contributed by atoms with van der Waals surface area (Å²) in [5.41, 5.74) is 2.47. The first-order chi connectivity index (χ1) is 8.19. The smallest absolute Gasteiger partial charge is 0.268 e. The van der Waals surface area contributed by atoms with Gasteiger partial charge in [0.15, 0.2) is 0 Å². The number of likely N-dealkylation sites (tertiary alicyclic amines) is 1. The highest BCUT2D eigenvalue weighted by Gasteiger charge is 2.19. The molecule has 0 radical (unpaired) electrons. The number of carbonyl (C=O) groups excluding carboxylic acids is 1. The van der Waals surface area contributed by atoms with Gasteiger partial charge in [-0.25, -0.2) is 5.84 Å². The van der Waals surface area contributed by atoms with Crippen LogP contribution in [-0.2, 0) is 6.54 Å². The Balaban J connectivity index is 1.94. The molecule has 0 bridgehead atoms. The predicted octanol–water partition coefficient (Wildman–Crippen LogP) is -0.160. The first kappa shape index (κ1) is 12.1. The minimum absolute atomic E-state index is 0.259. The Kier molecular flexibility index (Phi) is 3.78. The van der Waals surface area contributed by atoms with Crippen LogP contribution in [0.15, 0.2) is 16.7 Å². The van der Waals surface area contributed by atoms with E-state index in [1.807, 2.05) is 0 Å². The number of nitrogens with one attached hydrogen (secondary N) is 1. The number of piperidine rings is 1. The zero-order valence-corrected chi connectivity index (χ0v) is 9.56. The maximum Gasteiger partial charge on any atom is 0.268 e. The summed E-state index contributed by atoms with van der Waals surface area (Å²) >= 11 is 0. The lowest BCUT2D eigenvalue weighted by atomic mass is 10.1. The van der Waals surface area contributed by atoms with Crippen LogP contribution in [-0.4, -0.2) is 35.1 Å². The van der Waals surface area contributed by atoms with Crippen molar-refractivity contribution >= 4 is 5.91 Å². The quantitative estimate of drug-likeness (QED) is 0.387. The molecular weight excluding hydrogens is 222 g/mol. The molecule has 2 rings (SSSR count). The molecule has 0 saturated carbocycles. The number of amides is 1. The van der Waals surface area contributed by atoms with Crippen LogP contribution < -0.4 is 11.3 Å². The van der Waals surface area contributed by atoms with Crippen LogP contribution in [0, 0.1) is 0 Å². The standard InChI is InChI=1S/C11H17N3O3/c12-13-11(16)8-4-10(17-7-8)6-14-3-1-2-9(15)5-14/h4,7,9,15H,1-3,5-6,12H2,(H,13,16). The number of nitrogens with two attached hydrogens (primary N) is 1. The third kappa shape index (κ3) is 3.06. The van der Waals surface area contributed by atoms with Gasteiger partial charge in [0, 0.05) is 6.54 Å². The zero-order chi connectivity index (χ0) is 12.3. The van der Waals surface area contributed by atoms with E-state index in [1.165, 1.54) is 6.26 Å². The van der Waals surface area contributed by atoms with E-state index in [1.54, 1.807) is 6.07 Å². The second-order valence-corrected chi connectivity index (χ2v) is 4.31. The molecule has 17 heavy (non-hydrogen) atoms. The number of aliphatic hydroxyl groups is 1. The minimum atomic E-state index is -0.362. The fourth-order valence-corrected chi connectivity index (χ4v) is 2.06. The van der Waals surface area contributed by atoms with Gasteiger partial charge in [-0.05, 0) is 25.5 Å². The van der Waals surface area contributed by atoms with Crippen molar-refractivity contribution in [2.24, 2.45) is 5.84 Å². The van der Waals surface area contributed by atoms with Crippen molar-refractivity contribution < 1.29 is 14.3 Å². The number of nitrogen functional groups attached to an aromatic ring is 1. The van der Waals surface area contributed by atoms with Crippen LogP contribution >= 0.6 is 0 Å². The maximum absolute atomic E-state index is 11.2. The molecule has 1 atom stereocenters. The van der Waals surface area contributed by atoms with Gasteiger partial charge in [0.25, 0.3) is 5.91 Å². The number of rotatable bonds is 3. The SMILES string of the molecule is NNC(=O)c1coc(CN2CCCC(O)C2)c1. The Morgan fingerprint density at radius 3 is 3.24 bits per heavy atom. The van der Waals surface area contributed by atoms with E-state index in [0.29, 0.717) is 24.4 Å². The Labute approximate surface area is 99.3 Å². The van der Waals surface area contributed by atoms with E-state index in [4.69, 9.17) is 10.3 Å². The minimum Gasteiger partial charge on any atom is -0.467 e. The normalized spacial score (nSPS) is 21.4. The van der Waals surface area contributed by atoms with Crippen LogP contribution in [0.25, 0.3) is 0 Å². The van der Waals surface area contributed by atoms with Crippen molar-refractivity contribution in [2.45, 2.75) is 25.5 Å². The van der Waals surface area contributed by atoms with E-state index in [-0.39, 0.29) is 12.0 Å². The van der Waals surface area contributed by atoms with Gasteiger partial charge in [0.05, 0.1) is 18.2 Å². The molecule has 1 aromatic heterocycles. The molecule has 6 nitrogen and oxygen atoms in total. The van der Waals surface area contributed by atoms with Crippen molar-refractivity contribution in [2.75, 3.05) is 13.1 Å².